The molecule has 0 aliphatic heterocycles. The van der Waals surface area contributed by atoms with Gasteiger partial charge >= 0.3 is 0 Å². The van der Waals surface area contributed by atoms with E-state index in [1.807, 2.05) is 30.3 Å². The van der Waals surface area contributed by atoms with Crippen LogP contribution in [0, 0.1) is 12.3 Å². The minimum atomic E-state index is 0.0388. The molecule has 1 aromatic heterocycles. The van der Waals surface area contributed by atoms with E-state index in [2.05, 4.69) is 38.9 Å². The second-order valence-electron chi connectivity index (χ2n) is 4.69. The maximum atomic E-state index is 7.72. The number of amidine groups is 1. The molecular formula is C15H13BrN4S. The quantitative estimate of drug-likeness (QED) is 0.486. The van der Waals surface area contributed by atoms with E-state index in [-0.39, 0.29) is 5.84 Å². The highest BCUT2D eigenvalue weighted by molar-refractivity contribution is 9.10. The number of rotatable bonds is 3. The van der Waals surface area contributed by atoms with Crippen LogP contribution in [0.15, 0.2) is 50.9 Å². The fourth-order valence-electron chi connectivity index (χ4n) is 2.10. The van der Waals surface area contributed by atoms with Crippen LogP contribution < -0.4 is 5.73 Å². The molecule has 4 N–H and O–H groups in total. The Balaban J connectivity index is 2.02. The molecule has 0 atom stereocenters. The van der Waals surface area contributed by atoms with Crippen molar-refractivity contribution in [3.8, 4) is 0 Å². The van der Waals surface area contributed by atoms with Gasteiger partial charge in [0.1, 0.15) is 5.84 Å². The number of nitrogens with one attached hydrogen (secondary N) is 2. The predicted molar refractivity (Wildman–Crippen MR) is 90.1 cm³/mol. The molecule has 0 bridgehead atoms. The van der Waals surface area contributed by atoms with Gasteiger partial charge in [-0.25, -0.2) is 4.98 Å². The molecule has 1 heterocycles. The molecule has 3 rings (SSSR count). The summed E-state index contributed by atoms with van der Waals surface area (Å²) in [6.07, 6.45) is 0. The Bertz CT molecular complexity index is 841. The normalized spacial score (nSPS) is 11.0. The molecule has 0 aliphatic carbocycles. The summed E-state index contributed by atoms with van der Waals surface area (Å²) < 4.78 is 0.812. The van der Waals surface area contributed by atoms with Crippen LogP contribution >= 0.6 is 27.7 Å². The van der Waals surface area contributed by atoms with E-state index < -0.39 is 0 Å². The molecule has 0 amide bonds. The van der Waals surface area contributed by atoms with Crippen LogP contribution in [0.5, 0.6) is 0 Å². The Morgan fingerprint density at radius 3 is 2.90 bits per heavy atom. The standard InChI is InChI=1S/C15H13BrN4S/c1-8-5-6-10-11(7-8)20-15(19-10)21-12-4-2-3-9(16)13(12)14(17)18/h2-7H,1H3,(H3,17,18)(H,19,20). The van der Waals surface area contributed by atoms with Gasteiger partial charge in [-0.2, -0.15) is 0 Å². The third kappa shape index (κ3) is 2.82. The number of aromatic nitrogens is 2. The van der Waals surface area contributed by atoms with Crippen LogP contribution in [0.2, 0.25) is 0 Å². The van der Waals surface area contributed by atoms with E-state index in [9.17, 15) is 0 Å². The zero-order chi connectivity index (χ0) is 15.0. The monoisotopic (exact) mass is 360 g/mol. The van der Waals surface area contributed by atoms with E-state index in [1.165, 1.54) is 17.3 Å². The first kappa shape index (κ1) is 14.2. The molecule has 2 aromatic carbocycles. The minimum Gasteiger partial charge on any atom is -0.384 e. The number of halogens is 1. The number of nitrogens with zero attached hydrogens (tertiary/aromatic N) is 1. The number of aromatic amines is 1. The maximum Gasteiger partial charge on any atom is 0.171 e. The average Bonchev–Trinajstić information content (AvgIpc) is 2.79. The van der Waals surface area contributed by atoms with Gasteiger partial charge in [-0.05, 0) is 52.7 Å². The van der Waals surface area contributed by atoms with Crippen molar-refractivity contribution in [3.63, 3.8) is 0 Å². The predicted octanol–water partition coefficient (Wildman–Crippen LogP) is 4.07. The fourth-order valence-corrected chi connectivity index (χ4v) is 3.80. The topological polar surface area (TPSA) is 78.6 Å². The third-order valence-corrected chi connectivity index (χ3v) is 4.67. The Morgan fingerprint density at radius 1 is 1.33 bits per heavy atom. The van der Waals surface area contributed by atoms with Gasteiger partial charge in [0.2, 0.25) is 0 Å². The first-order chi connectivity index (χ1) is 10.0. The highest BCUT2D eigenvalue weighted by Gasteiger charge is 2.13. The average molecular weight is 361 g/mol. The number of fused-ring (bicyclic) bond motifs is 1. The molecule has 0 saturated carbocycles. The van der Waals surface area contributed by atoms with Gasteiger partial charge in [-0.3, -0.25) is 5.41 Å². The summed E-state index contributed by atoms with van der Waals surface area (Å²) in [6.45, 7) is 2.05. The van der Waals surface area contributed by atoms with Crippen molar-refractivity contribution in [1.82, 2.24) is 9.97 Å². The number of aryl methyl sites for hydroxylation is 1. The van der Waals surface area contributed by atoms with E-state index in [4.69, 9.17) is 11.1 Å². The van der Waals surface area contributed by atoms with Crippen LogP contribution in [0.4, 0.5) is 0 Å². The van der Waals surface area contributed by atoms with Gasteiger partial charge in [0, 0.05) is 14.9 Å². The summed E-state index contributed by atoms with van der Waals surface area (Å²) in [7, 11) is 0. The second kappa shape index (κ2) is 5.54. The van der Waals surface area contributed by atoms with Gasteiger partial charge in [0.25, 0.3) is 0 Å². The number of benzene rings is 2. The summed E-state index contributed by atoms with van der Waals surface area (Å²) in [6, 6.07) is 11.8. The van der Waals surface area contributed by atoms with Crippen LogP contribution in [0.25, 0.3) is 11.0 Å². The SMILES string of the molecule is Cc1ccc2nc(Sc3cccc(Br)c3C(=N)N)[nH]c2c1. The maximum absolute atomic E-state index is 7.72. The number of nitrogen functional groups attached to an aromatic ring is 1. The Hall–Kier alpha value is -1.79. The molecule has 0 fully saturated rings. The van der Waals surface area contributed by atoms with E-state index in [1.54, 1.807) is 0 Å². The molecule has 21 heavy (non-hydrogen) atoms. The molecular weight excluding hydrogens is 348 g/mol. The second-order valence-corrected chi connectivity index (χ2v) is 6.58. The van der Waals surface area contributed by atoms with Gasteiger partial charge in [-0.1, -0.05) is 23.9 Å². The van der Waals surface area contributed by atoms with Crippen molar-refractivity contribution in [1.29, 1.82) is 5.41 Å². The first-order valence-corrected chi connectivity index (χ1v) is 7.92. The number of H-pyrrole nitrogens is 1. The van der Waals surface area contributed by atoms with Crippen LogP contribution in [0.1, 0.15) is 11.1 Å². The number of nitrogens with two attached hydrogens (primary N) is 1. The van der Waals surface area contributed by atoms with Gasteiger partial charge in [0.05, 0.1) is 11.0 Å². The lowest BCUT2D eigenvalue weighted by Gasteiger charge is -2.08. The van der Waals surface area contributed by atoms with E-state index in [0.29, 0.717) is 5.56 Å². The Labute approximate surface area is 134 Å². The van der Waals surface area contributed by atoms with Crippen LogP contribution in [-0.4, -0.2) is 15.8 Å². The molecule has 4 nitrogen and oxygen atoms in total. The molecule has 0 spiro atoms. The van der Waals surface area contributed by atoms with Gasteiger partial charge in [0.15, 0.2) is 5.16 Å². The molecule has 0 radical (unpaired) electrons. The molecule has 106 valence electrons. The molecule has 3 aromatic rings. The smallest absolute Gasteiger partial charge is 0.171 e. The van der Waals surface area contributed by atoms with Crippen LogP contribution in [-0.2, 0) is 0 Å². The lowest BCUT2D eigenvalue weighted by Crippen LogP contribution is -2.13. The molecule has 0 saturated heterocycles. The third-order valence-electron chi connectivity index (χ3n) is 3.07. The summed E-state index contributed by atoms with van der Waals surface area (Å²) in [5.74, 6) is 0.0388. The van der Waals surface area contributed by atoms with Crippen molar-refractivity contribution in [2.45, 2.75) is 17.0 Å². The zero-order valence-corrected chi connectivity index (χ0v) is 13.7. The zero-order valence-electron chi connectivity index (χ0n) is 11.3. The molecule has 0 aliphatic rings. The van der Waals surface area contributed by atoms with E-state index >= 15 is 0 Å². The van der Waals surface area contributed by atoms with Gasteiger partial charge in [-0.15, -0.1) is 0 Å². The van der Waals surface area contributed by atoms with Crippen molar-refractivity contribution in [3.05, 3.63) is 52.0 Å². The van der Waals surface area contributed by atoms with E-state index in [0.717, 1.165) is 25.6 Å². The van der Waals surface area contributed by atoms with Crippen molar-refractivity contribution in [2.75, 3.05) is 0 Å². The highest BCUT2D eigenvalue weighted by atomic mass is 79.9. The Kier molecular flexibility index (Phi) is 3.73. The lowest BCUT2D eigenvalue weighted by atomic mass is 10.2. The van der Waals surface area contributed by atoms with Crippen LogP contribution in [0.3, 0.4) is 0 Å². The number of hydrogen-bond donors (Lipinski definition) is 3. The van der Waals surface area contributed by atoms with Gasteiger partial charge < -0.3 is 10.7 Å². The van der Waals surface area contributed by atoms with Crippen molar-refractivity contribution < 1.29 is 0 Å². The minimum absolute atomic E-state index is 0.0388. The fraction of sp³-hybridized carbons (Fsp3) is 0.0667. The highest BCUT2D eigenvalue weighted by Crippen LogP contribution is 2.33. The summed E-state index contributed by atoms with van der Waals surface area (Å²) >= 11 is 4.91. The summed E-state index contributed by atoms with van der Waals surface area (Å²) in [5.41, 5.74) is 9.50. The summed E-state index contributed by atoms with van der Waals surface area (Å²) in [4.78, 5) is 8.75. The number of imidazole rings is 1. The largest absolute Gasteiger partial charge is 0.384 e. The molecule has 0 unspecified atom stereocenters. The van der Waals surface area contributed by atoms with Crippen molar-refractivity contribution in [2.24, 2.45) is 5.73 Å². The number of hydrogen-bond acceptors (Lipinski definition) is 3. The summed E-state index contributed by atoms with van der Waals surface area (Å²) in [5, 5.41) is 8.51. The first-order valence-electron chi connectivity index (χ1n) is 6.32. The van der Waals surface area contributed by atoms with Crippen molar-refractivity contribution >= 4 is 44.6 Å². The Morgan fingerprint density at radius 2 is 2.14 bits per heavy atom. The molecule has 6 heteroatoms. The lowest BCUT2D eigenvalue weighted by molar-refractivity contribution is 1.08.